The Morgan fingerprint density at radius 1 is 1.43 bits per heavy atom. The molecule has 6 atom stereocenters. The van der Waals surface area contributed by atoms with Gasteiger partial charge in [0.15, 0.2) is 0 Å². The summed E-state index contributed by atoms with van der Waals surface area (Å²) in [6.07, 6.45) is -7.70. The zero-order valence-electron chi connectivity index (χ0n) is 12.3. The third kappa shape index (κ3) is 4.57. The molecule has 0 aliphatic carbocycles. The molecule has 1 fully saturated rings. The number of ether oxygens (including phenoxy) is 2. The molecule has 23 heavy (non-hydrogen) atoms. The maximum absolute atomic E-state index is 11.6. The van der Waals surface area contributed by atoms with Crippen LogP contribution in [0.4, 0.5) is 0 Å². The quantitative estimate of drug-likeness (QED) is 0.239. The lowest BCUT2D eigenvalue weighted by Crippen LogP contribution is -2.67. The van der Waals surface area contributed by atoms with E-state index in [1.165, 1.54) is 7.11 Å². The van der Waals surface area contributed by atoms with Crippen LogP contribution in [-0.2, 0) is 19.1 Å². The van der Waals surface area contributed by atoms with E-state index in [-0.39, 0.29) is 6.61 Å². The van der Waals surface area contributed by atoms with Gasteiger partial charge in [0.05, 0.1) is 18.8 Å². The molecule has 7 N–H and O–H groups in total. The van der Waals surface area contributed by atoms with E-state index < -0.39 is 61.1 Å². The smallest absolute Gasteiger partial charge is 0.364 e. The summed E-state index contributed by atoms with van der Waals surface area (Å²) >= 11 is 0. The molecule has 1 rings (SSSR count). The second-order valence-corrected chi connectivity index (χ2v) is 5.21. The van der Waals surface area contributed by atoms with E-state index in [0.29, 0.717) is 0 Å². The molecule has 0 aromatic heterocycles. The fourth-order valence-corrected chi connectivity index (χ4v) is 2.26. The number of carboxylic acid groups (broad SMARTS) is 1. The van der Waals surface area contributed by atoms with Crippen molar-refractivity contribution in [3.63, 3.8) is 0 Å². The molecule has 11 nitrogen and oxygen atoms in total. The standard InChI is InChI=1S/C12H21NO10/c1-22-4-7(17)13-8-5(15)2-12(21,11(19)20)23-10(8)9(18)6(16)3-14/h5-6,8-10,14-16,18,21H,2-4H2,1H3,(H,13,17)(H,19,20)/t5-,6+,8+,9+,10+,12-/m0/s1. The summed E-state index contributed by atoms with van der Waals surface area (Å²) in [5, 5.41) is 59.5. The molecule has 11 heteroatoms. The molecule has 134 valence electrons. The maximum atomic E-state index is 11.6. The van der Waals surface area contributed by atoms with Crippen LogP contribution in [0.15, 0.2) is 0 Å². The molecule has 1 aliphatic heterocycles. The molecule has 1 saturated heterocycles. The first-order chi connectivity index (χ1) is 10.7. The second-order valence-electron chi connectivity index (χ2n) is 5.21. The van der Waals surface area contributed by atoms with Gasteiger partial charge in [0.1, 0.15) is 24.9 Å². The lowest BCUT2D eigenvalue weighted by molar-refractivity contribution is -0.295. The Morgan fingerprint density at radius 3 is 2.52 bits per heavy atom. The van der Waals surface area contributed by atoms with Gasteiger partial charge < -0.3 is 45.4 Å². The lowest BCUT2D eigenvalue weighted by atomic mass is 9.88. The van der Waals surface area contributed by atoms with Crippen LogP contribution in [0.3, 0.4) is 0 Å². The first kappa shape index (κ1) is 19.7. The fourth-order valence-electron chi connectivity index (χ4n) is 2.26. The highest BCUT2D eigenvalue weighted by Crippen LogP contribution is 2.30. The second kappa shape index (κ2) is 7.97. The number of hydrogen-bond donors (Lipinski definition) is 7. The number of methoxy groups -OCH3 is 1. The third-order valence-electron chi connectivity index (χ3n) is 3.44. The van der Waals surface area contributed by atoms with Crippen molar-refractivity contribution < 1.29 is 49.7 Å². The van der Waals surface area contributed by atoms with Crippen LogP contribution in [-0.4, -0.2) is 99.1 Å². The topological polar surface area (TPSA) is 186 Å². The molecule has 1 heterocycles. The highest BCUT2D eigenvalue weighted by atomic mass is 16.7. The molecule has 0 aromatic carbocycles. The van der Waals surface area contributed by atoms with Crippen molar-refractivity contribution >= 4 is 11.9 Å². The molecule has 0 spiro atoms. The van der Waals surface area contributed by atoms with E-state index in [0.717, 1.165) is 0 Å². The highest BCUT2D eigenvalue weighted by molar-refractivity contribution is 5.78. The van der Waals surface area contributed by atoms with Gasteiger partial charge in [-0.2, -0.15) is 0 Å². The van der Waals surface area contributed by atoms with E-state index in [9.17, 15) is 30.0 Å². The van der Waals surface area contributed by atoms with E-state index in [2.05, 4.69) is 10.1 Å². The van der Waals surface area contributed by atoms with E-state index in [4.69, 9.17) is 14.9 Å². The zero-order valence-corrected chi connectivity index (χ0v) is 12.3. The fraction of sp³-hybridized carbons (Fsp3) is 0.833. The summed E-state index contributed by atoms with van der Waals surface area (Å²) in [5.41, 5.74) is 0. The van der Waals surface area contributed by atoms with Gasteiger partial charge in [-0.3, -0.25) is 4.79 Å². The van der Waals surface area contributed by atoms with Crippen molar-refractivity contribution in [2.24, 2.45) is 0 Å². The van der Waals surface area contributed by atoms with Gasteiger partial charge in [-0.25, -0.2) is 4.79 Å². The molecule has 0 saturated carbocycles. The van der Waals surface area contributed by atoms with Crippen molar-refractivity contribution in [3.8, 4) is 0 Å². The number of carboxylic acids is 1. The van der Waals surface area contributed by atoms with E-state index in [1.807, 2.05) is 0 Å². The van der Waals surface area contributed by atoms with E-state index >= 15 is 0 Å². The average molecular weight is 339 g/mol. The van der Waals surface area contributed by atoms with Crippen LogP contribution in [0.25, 0.3) is 0 Å². The normalized spacial score (nSPS) is 33.7. The largest absolute Gasteiger partial charge is 0.477 e. The van der Waals surface area contributed by atoms with Crippen molar-refractivity contribution in [2.75, 3.05) is 20.3 Å². The minimum absolute atomic E-state index is 0.377. The van der Waals surface area contributed by atoms with Gasteiger partial charge >= 0.3 is 5.97 Å². The summed E-state index contributed by atoms with van der Waals surface area (Å²) < 4.78 is 9.50. The number of carbonyl (C=O) groups is 2. The number of rotatable bonds is 7. The van der Waals surface area contributed by atoms with Crippen LogP contribution in [0.1, 0.15) is 6.42 Å². The Labute approximate surface area is 131 Å². The molecule has 1 amide bonds. The lowest BCUT2D eigenvalue weighted by Gasteiger charge is -2.44. The Hall–Kier alpha value is -1.34. The predicted octanol–water partition coefficient (Wildman–Crippen LogP) is -4.25. The van der Waals surface area contributed by atoms with Crippen molar-refractivity contribution in [1.29, 1.82) is 0 Å². The Bertz CT molecular complexity index is 432. The monoisotopic (exact) mass is 339 g/mol. The number of aliphatic hydroxyl groups is 5. The van der Waals surface area contributed by atoms with Gasteiger partial charge in [-0.05, 0) is 0 Å². The number of aliphatic carboxylic acids is 1. The molecular weight excluding hydrogens is 318 g/mol. The Kier molecular flexibility index (Phi) is 6.83. The number of carbonyl (C=O) groups excluding carboxylic acids is 1. The van der Waals surface area contributed by atoms with Gasteiger partial charge in [0.2, 0.25) is 5.91 Å². The van der Waals surface area contributed by atoms with Crippen LogP contribution in [0, 0.1) is 0 Å². The highest BCUT2D eigenvalue weighted by Gasteiger charge is 2.53. The molecule has 0 unspecified atom stereocenters. The van der Waals surface area contributed by atoms with Crippen LogP contribution in [0.2, 0.25) is 0 Å². The van der Waals surface area contributed by atoms with Crippen LogP contribution >= 0.6 is 0 Å². The maximum Gasteiger partial charge on any atom is 0.364 e. The number of hydrogen-bond acceptors (Lipinski definition) is 9. The summed E-state index contributed by atoms with van der Waals surface area (Å²) in [6, 6.07) is -1.34. The SMILES string of the molecule is COCC(=O)N[C@H]1[C@H]([C@H](O)[C@H](O)CO)O[C@](O)(C(=O)O)C[C@@H]1O. The summed E-state index contributed by atoms with van der Waals surface area (Å²) in [5.74, 6) is -5.33. The van der Waals surface area contributed by atoms with Crippen LogP contribution in [0.5, 0.6) is 0 Å². The average Bonchev–Trinajstić information content (AvgIpc) is 2.48. The summed E-state index contributed by atoms with van der Waals surface area (Å²) in [4.78, 5) is 22.7. The van der Waals surface area contributed by atoms with Gasteiger partial charge in [-0.15, -0.1) is 0 Å². The third-order valence-corrected chi connectivity index (χ3v) is 3.44. The Balaban J connectivity index is 3.04. The molecule has 0 radical (unpaired) electrons. The summed E-state index contributed by atoms with van der Waals surface area (Å²) in [7, 11) is 1.25. The molecule has 0 aromatic rings. The van der Waals surface area contributed by atoms with E-state index in [1.54, 1.807) is 0 Å². The minimum Gasteiger partial charge on any atom is -0.477 e. The van der Waals surface area contributed by atoms with Crippen LogP contribution < -0.4 is 5.32 Å². The summed E-state index contributed by atoms with van der Waals surface area (Å²) in [6.45, 7) is -1.26. The first-order valence-electron chi connectivity index (χ1n) is 6.73. The predicted molar refractivity (Wildman–Crippen MR) is 71.0 cm³/mol. The van der Waals surface area contributed by atoms with Gasteiger partial charge in [0, 0.05) is 13.5 Å². The molecular formula is C12H21NO10. The van der Waals surface area contributed by atoms with Crippen molar-refractivity contribution in [1.82, 2.24) is 5.32 Å². The van der Waals surface area contributed by atoms with Crippen molar-refractivity contribution in [3.05, 3.63) is 0 Å². The first-order valence-corrected chi connectivity index (χ1v) is 6.73. The number of nitrogens with one attached hydrogen (secondary N) is 1. The van der Waals surface area contributed by atoms with Crippen molar-refractivity contribution in [2.45, 2.75) is 42.7 Å². The minimum atomic E-state index is -2.82. The van der Waals surface area contributed by atoms with Gasteiger partial charge in [0.25, 0.3) is 5.79 Å². The Morgan fingerprint density at radius 2 is 2.04 bits per heavy atom. The van der Waals surface area contributed by atoms with Gasteiger partial charge in [-0.1, -0.05) is 0 Å². The zero-order chi connectivity index (χ0) is 17.8. The number of aliphatic hydroxyl groups excluding tert-OH is 4. The molecule has 0 bridgehead atoms. The molecule has 1 aliphatic rings. The number of amides is 1.